The van der Waals surface area contributed by atoms with E-state index in [1.54, 1.807) is 29.6 Å². The van der Waals surface area contributed by atoms with Gasteiger partial charge in [-0.25, -0.2) is 0 Å². The Hall–Kier alpha value is -2.21. The molecule has 0 bridgehead atoms. The Kier molecular flexibility index (Phi) is 5.05. The lowest BCUT2D eigenvalue weighted by Crippen LogP contribution is -2.05. The molecule has 0 N–H and O–H groups in total. The molecule has 0 radical (unpaired) electrons. The number of allylic oxidation sites excluding steroid dienone is 1. The maximum absolute atomic E-state index is 12.5. The molecule has 2 rings (SSSR count). The fraction of sp³-hybridized carbons (Fsp3) is 0.133. The van der Waals surface area contributed by atoms with Crippen LogP contribution < -0.4 is 9.47 Å². The van der Waals surface area contributed by atoms with Crippen LogP contribution in [0, 0.1) is 0 Å². The Labute approximate surface area is 124 Å². The molecule has 0 atom stereocenters. The van der Waals surface area contributed by atoms with Gasteiger partial charge in [-0.2, -0.15) is 8.78 Å². The summed E-state index contributed by atoms with van der Waals surface area (Å²) in [7, 11) is 1.36. The Morgan fingerprint density at radius 3 is 2.71 bits per heavy atom. The van der Waals surface area contributed by atoms with E-state index in [2.05, 4.69) is 4.74 Å². The van der Waals surface area contributed by atoms with E-state index in [4.69, 9.17) is 4.74 Å². The first-order valence-corrected chi connectivity index (χ1v) is 6.87. The fourth-order valence-corrected chi connectivity index (χ4v) is 2.35. The molecule has 0 aliphatic carbocycles. The van der Waals surface area contributed by atoms with Gasteiger partial charge in [0.05, 0.1) is 12.0 Å². The Morgan fingerprint density at radius 1 is 1.29 bits per heavy atom. The number of ether oxygens (including phenoxy) is 2. The van der Waals surface area contributed by atoms with E-state index in [-0.39, 0.29) is 17.3 Å². The molecule has 0 saturated carbocycles. The number of carbonyl (C=O) groups excluding carboxylic acids is 1. The van der Waals surface area contributed by atoms with Crippen molar-refractivity contribution < 1.29 is 23.0 Å². The van der Waals surface area contributed by atoms with E-state index >= 15 is 0 Å². The van der Waals surface area contributed by atoms with Crippen LogP contribution in [0.4, 0.5) is 8.78 Å². The van der Waals surface area contributed by atoms with Gasteiger partial charge in [0.15, 0.2) is 17.3 Å². The van der Waals surface area contributed by atoms with Gasteiger partial charge in [0.25, 0.3) is 0 Å². The lowest BCUT2D eigenvalue weighted by molar-refractivity contribution is -0.0513. The third kappa shape index (κ3) is 3.88. The molecule has 6 heteroatoms. The van der Waals surface area contributed by atoms with Crippen LogP contribution in [-0.4, -0.2) is 19.5 Å². The zero-order chi connectivity index (χ0) is 15.2. The van der Waals surface area contributed by atoms with Gasteiger partial charge in [-0.05, 0) is 29.7 Å². The van der Waals surface area contributed by atoms with Crippen molar-refractivity contribution in [2.75, 3.05) is 7.11 Å². The molecule has 0 unspecified atom stereocenters. The van der Waals surface area contributed by atoms with E-state index < -0.39 is 6.61 Å². The second-order valence-corrected chi connectivity index (χ2v) is 4.88. The van der Waals surface area contributed by atoms with Crippen LogP contribution in [0.3, 0.4) is 0 Å². The molecule has 0 saturated heterocycles. The van der Waals surface area contributed by atoms with Crippen LogP contribution in [0.5, 0.6) is 11.5 Å². The highest BCUT2D eigenvalue weighted by atomic mass is 32.1. The van der Waals surface area contributed by atoms with Crippen LogP contribution in [0.2, 0.25) is 0 Å². The van der Waals surface area contributed by atoms with Gasteiger partial charge in [0.2, 0.25) is 0 Å². The summed E-state index contributed by atoms with van der Waals surface area (Å²) < 4.78 is 34.4. The molecule has 21 heavy (non-hydrogen) atoms. The van der Waals surface area contributed by atoms with Gasteiger partial charge >= 0.3 is 6.61 Å². The maximum Gasteiger partial charge on any atom is 0.387 e. The number of ketones is 1. The SMILES string of the molecule is COc1cccc(C=CC(=O)c2cccs2)c1OC(F)F. The summed E-state index contributed by atoms with van der Waals surface area (Å²) in [5, 5.41) is 1.79. The van der Waals surface area contributed by atoms with E-state index in [1.165, 1.54) is 36.7 Å². The van der Waals surface area contributed by atoms with Gasteiger partial charge in [-0.3, -0.25) is 4.79 Å². The van der Waals surface area contributed by atoms with Gasteiger partial charge in [-0.15, -0.1) is 11.3 Å². The largest absolute Gasteiger partial charge is 0.493 e. The monoisotopic (exact) mass is 310 g/mol. The summed E-state index contributed by atoms with van der Waals surface area (Å²) in [6, 6.07) is 8.17. The number of hydrogen-bond acceptors (Lipinski definition) is 4. The number of alkyl halides is 2. The number of hydrogen-bond donors (Lipinski definition) is 0. The summed E-state index contributed by atoms with van der Waals surface area (Å²) in [5.41, 5.74) is 0.347. The molecule has 0 aliphatic rings. The summed E-state index contributed by atoms with van der Waals surface area (Å²) in [5.74, 6) is -0.109. The van der Waals surface area contributed by atoms with Gasteiger partial charge in [0.1, 0.15) is 0 Å². The zero-order valence-corrected chi connectivity index (χ0v) is 11.9. The van der Waals surface area contributed by atoms with Crippen LogP contribution in [0.1, 0.15) is 15.2 Å². The van der Waals surface area contributed by atoms with Crippen molar-refractivity contribution in [2.24, 2.45) is 0 Å². The second kappa shape index (κ2) is 6.99. The first-order valence-electron chi connectivity index (χ1n) is 5.99. The maximum atomic E-state index is 12.5. The number of thiophene rings is 1. The Balaban J connectivity index is 2.28. The van der Waals surface area contributed by atoms with Crippen molar-refractivity contribution in [3.63, 3.8) is 0 Å². The average Bonchev–Trinajstić information content (AvgIpc) is 2.99. The summed E-state index contributed by atoms with van der Waals surface area (Å²) >= 11 is 1.31. The number of benzene rings is 1. The molecule has 2 aromatic rings. The number of carbonyl (C=O) groups is 1. The van der Waals surface area contributed by atoms with E-state index in [0.29, 0.717) is 10.4 Å². The van der Waals surface area contributed by atoms with Crippen LogP contribution in [-0.2, 0) is 0 Å². The van der Waals surface area contributed by atoms with Crippen molar-refractivity contribution in [3.8, 4) is 11.5 Å². The minimum absolute atomic E-state index is 0.0924. The lowest BCUT2D eigenvalue weighted by atomic mass is 10.1. The molecular formula is C15H12F2O3S. The highest BCUT2D eigenvalue weighted by Crippen LogP contribution is 2.33. The first kappa shape index (κ1) is 15.2. The molecule has 1 heterocycles. The molecule has 0 amide bonds. The predicted molar refractivity (Wildman–Crippen MR) is 77.3 cm³/mol. The molecular weight excluding hydrogens is 298 g/mol. The van der Waals surface area contributed by atoms with Crippen LogP contribution in [0.15, 0.2) is 41.8 Å². The molecule has 110 valence electrons. The smallest absolute Gasteiger partial charge is 0.387 e. The molecule has 0 spiro atoms. The standard InChI is InChI=1S/C15H12F2O3S/c1-19-12-5-2-4-10(14(12)20-15(16)17)7-8-11(18)13-6-3-9-21-13/h2-9,15H,1H3. The summed E-state index contributed by atoms with van der Waals surface area (Å²) in [4.78, 5) is 12.4. The molecule has 0 aliphatic heterocycles. The number of halogens is 2. The average molecular weight is 310 g/mol. The lowest BCUT2D eigenvalue weighted by Gasteiger charge is -2.12. The van der Waals surface area contributed by atoms with Crippen molar-refractivity contribution >= 4 is 23.2 Å². The first-order chi connectivity index (χ1) is 10.1. The van der Waals surface area contributed by atoms with Crippen molar-refractivity contribution in [3.05, 3.63) is 52.2 Å². The van der Waals surface area contributed by atoms with Crippen LogP contribution in [0.25, 0.3) is 6.08 Å². The topological polar surface area (TPSA) is 35.5 Å². The van der Waals surface area contributed by atoms with Gasteiger partial charge < -0.3 is 9.47 Å². The van der Waals surface area contributed by atoms with Crippen LogP contribution >= 0.6 is 11.3 Å². The predicted octanol–water partition coefficient (Wildman–Crippen LogP) is 4.25. The Morgan fingerprint density at radius 2 is 2.10 bits per heavy atom. The molecule has 1 aromatic heterocycles. The fourth-order valence-electron chi connectivity index (χ4n) is 1.71. The van der Waals surface area contributed by atoms with Crippen molar-refractivity contribution in [2.45, 2.75) is 6.61 Å². The molecule has 0 fully saturated rings. The molecule has 1 aromatic carbocycles. The second-order valence-electron chi connectivity index (χ2n) is 3.93. The normalized spacial score (nSPS) is 11.0. The highest BCUT2D eigenvalue weighted by molar-refractivity contribution is 7.12. The number of para-hydroxylation sites is 1. The Bertz CT molecular complexity index is 636. The third-order valence-corrected chi connectivity index (χ3v) is 3.50. The highest BCUT2D eigenvalue weighted by Gasteiger charge is 2.14. The third-order valence-electron chi connectivity index (χ3n) is 2.61. The quantitative estimate of drug-likeness (QED) is 0.591. The minimum Gasteiger partial charge on any atom is -0.493 e. The van der Waals surface area contributed by atoms with E-state index in [9.17, 15) is 13.6 Å². The van der Waals surface area contributed by atoms with E-state index in [0.717, 1.165) is 0 Å². The van der Waals surface area contributed by atoms with Crippen molar-refractivity contribution in [1.29, 1.82) is 0 Å². The van der Waals surface area contributed by atoms with Crippen molar-refractivity contribution in [1.82, 2.24) is 0 Å². The minimum atomic E-state index is -2.97. The summed E-state index contributed by atoms with van der Waals surface area (Å²) in [6.07, 6.45) is 2.75. The van der Waals surface area contributed by atoms with Gasteiger partial charge in [-0.1, -0.05) is 18.2 Å². The number of rotatable bonds is 6. The molecule has 3 nitrogen and oxygen atoms in total. The summed E-state index contributed by atoms with van der Waals surface area (Å²) in [6.45, 7) is -2.97. The van der Waals surface area contributed by atoms with Gasteiger partial charge in [0, 0.05) is 5.56 Å². The zero-order valence-electron chi connectivity index (χ0n) is 11.1. The van der Waals surface area contributed by atoms with E-state index in [1.807, 2.05) is 0 Å². The number of methoxy groups -OCH3 is 1.